The number of hydrogen-bond acceptors (Lipinski definition) is 2. The highest BCUT2D eigenvalue weighted by atomic mass is 127. The van der Waals surface area contributed by atoms with Gasteiger partial charge in [0.15, 0.2) is 5.96 Å². The number of hydrogen-bond donors (Lipinski definition) is 1. The molecule has 0 amide bonds. The van der Waals surface area contributed by atoms with Crippen LogP contribution < -0.4 is 5.32 Å². The van der Waals surface area contributed by atoms with Gasteiger partial charge in [-0.15, -0.1) is 24.0 Å². The topological polar surface area (TPSA) is 40.5 Å². The van der Waals surface area contributed by atoms with Gasteiger partial charge in [0, 0.05) is 45.0 Å². The Morgan fingerprint density at radius 1 is 1.16 bits per heavy atom. The highest BCUT2D eigenvalue weighted by Gasteiger charge is 2.36. The monoisotopic (exact) mass is 456 g/mol. The molecule has 1 spiro atoms. The lowest BCUT2D eigenvalue weighted by molar-refractivity contribution is 0.115. The van der Waals surface area contributed by atoms with Crippen LogP contribution in [0.25, 0.3) is 0 Å². The minimum atomic E-state index is 0. The molecule has 5 heteroatoms. The third-order valence-corrected chi connectivity index (χ3v) is 5.73. The lowest BCUT2D eigenvalue weighted by Gasteiger charge is -2.44. The molecule has 2 aliphatic rings. The van der Waals surface area contributed by atoms with E-state index in [4.69, 9.17) is 0 Å². The van der Waals surface area contributed by atoms with Crippen molar-refractivity contribution in [2.75, 3.05) is 26.7 Å². The third kappa shape index (κ3) is 5.83. The van der Waals surface area contributed by atoms with Crippen molar-refractivity contribution in [3.63, 3.8) is 0 Å². The molecule has 2 fully saturated rings. The van der Waals surface area contributed by atoms with Crippen LogP contribution in [0, 0.1) is 5.41 Å². The standard InChI is InChI=1S/C20H32N4.HI/c1-21-19(23-15-10-18-9-4-7-14-22-18)24-16-8-13-20(17-24)11-5-2-3-6-12-20;/h4,7,9,14H,2-3,5-6,8,10-13,15-17H2,1H3,(H,21,23);1H. The molecule has 2 heterocycles. The summed E-state index contributed by atoms with van der Waals surface area (Å²) < 4.78 is 0. The molecular weight excluding hydrogens is 423 g/mol. The zero-order valence-corrected chi connectivity index (χ0v) is 17.9. The zero-order chi connectivity index (χ0) is 16.7. The van der Waals surface area contributed by atoms with Crippen molar-refractivity contribution < 1.29 is 0 Å². The van der Waals surface area contributed by atoms with Crippen LogP contribution in [-0.4, -0.2) is 42.5 Å². The fourth-order valence-electron chi connectivity index (χ4n) is 4.46. The lowest BCUT2D eigenvalue weighted by atomic mass is 9.74. The fraction of sp³-hybridized carbons (Fsp3) is 0.700. The largest absolute Gasteiger partial charge is 0.356 e. The van der Waals surface area contributed by atoms with Crippen LogP contribution in [-0.2, 0) is 6.42 Å². The number of rotatable bonds is 3. The summed E-state index contributed by atoms with van der Waals surface area (Å²) in [4.78, 5) is 11.5. The first kappa shape index (κ1) is 20.5. The van der Waals surface area contributed by atoms with Crippen molar-refractivity contribution >= 4 is 29.9 Å². The van der Waals surface area contributed by atoms with E-state index in [1.165, 1.54) is 57.9 Å². The van der Waals surface area contributed by atoms with Gasteiger partial charge in [0.2, 0.25) is 0 Å². The molecular formula is C20H33IN4. The summed E-state index contributed by atoms with van der Waals surface area (Å²) in [5.41, 5.74) is 1.69. The number of nitrogens with one attached hydrogen (secondary N) is 1. The molecule has 25 heavy (non-hydrogen) atoms. The van der Waals surface area contributed by atoms with Crippen LogP contribution in [0.5, 0.6) is 0 Å². The van der Waals surface area contributed by atoms with Gasteiger partial charge >= 0.3 is 0 Å². The van der Waals surface area contributed by atoms with E-state index < -0.39 is 0 Å². The second-order valence-corrected chi connectivity index (χ2v) is 7.48. The van der Waals surface area contributed by atoms with Crippen LogP contribution in [0.1, 0.15) is 57.1 Å². The first-order valence-corrected chi connectivity index (χ1v) is 9.67. The SMILES string of the molecule is CN=C(NCCc1ccccn1)N1CCCC2(CCCCCC2)C1.I. The van der Waals surface area contributed by atoms with Crippen LogP contribution in [0.4, 0.5) is 0 Å². The Morgan fingerprint density at radius 3 is 2.60 bits per heavy atom. The minimum Gasteiger partial charge on any atom is -0.356 e. The second-order valence-electron chi connectivity index (χ2n) is 7.48. The zero-order valence-electron chi connectivity index (χ0n) is 15.5. The van der Waals surface area contributed by atoms with Gasteiger partial charge in [-0.3, -0.25) is 9.98 Å². The summed E-state index contributed by atoms with van der Waals surface area (Å²) in [6.07, 6.45) is 14.0. The van der Waals surface area contributed by atoms with E-state index in [9.17, 15) is 0 Å². The molecule has 1 saturated carbocycles. The van der Waals surface area contributed by atoms with Gasteiger partial charge < -0.3 is 10.2 Å². The Hall–Kier alpha value is -0.850. The van der Waals surface area contributed by atoms with E-state index in [2.05, 4.69) is 32.3 Å². The molecule has 1 aromatic heterocycles. The molecule has 0 unspecified atom stereocenters. The van der Waals surface area contributed by atoms with Gasteiger partial charge in [-0.05, 0) is 43.2 Å². The number of halogens is 1. The lowest BCUT2D eigenvalue weighted by Crippen LogP contribution is -2.50. The van der Waals surface area contributed by atoms with E-state index in [0.717, 1.165) is 31.2 Å². The predicted molar refractivity (Wildman–Crippen MR) is 116 cm³/mol. The number of guanidine groups is 1. The van der Waals surface area contributed by atoms with Crippen molar-refractivity contribution in [2.45, 2.75) is 57.8 Å². The Balaban J connectivity index is 0.00000225. The summed E-state index contributed by atoms with van der Waals surface area (Å²) in [7, 11) is 1.91. The Labute approximate surface area is 169 Å². The minimum absolute atomic E-state index is 0. The summed E-state index contributed by atoms with van der Waals surface area (Å²) in [6, 6.07) is 6.11. The number of pyridine rings is 1. The molecule has 0 radical (unpaired) electrons. The third-order valence-electron chi connectivity index (χ3n) is 5.73. The Morgan fingerprint density at radius 2 is 1.92 bits per heavy atom. The Bertz CT molecular complexity index is 524. The van der Waals surface area contributed by atoms with Gasteiger partial charge in [0.1, 0.15) is 0 Å². The van der Waals surface area contributed by atoms with Gasteiger partial charge in [-0.25, -0.2) is 0 Å². The molecule has 0 aromatic carbocycles. The Kier molecular flexibility index (Phi) is 8.46. The summed E-state index contributed by atoms with van der Waals surface area (Å²) in [6.45, 7) is 3.23. The maximum atomic E-state index is 4.56. The van der Waals surface area contributed by atoms with Gasteiger partial charge in [-0.1, -0.05) is 31.7 Å². The maximum absolute atomic E-state index is 4.56. The highest BCUT2D eigenvalue weighted by Crippen LogP contribution is 2.42. The molecule has 1 aliphatic heterocycles. The number of aliphatic imine (C=N–C) groups is 1. The smallest absolute Gasteiger partial charge is 0.193 e. The number of piperidine rings is 1. The molecule has 0 bridgehead atoms. The van der Waals surface area contributed by atoms with Crippen molar-refractivity contribution in [1.29, 1.82) is 0 Å². The average Bonchev–Trinajstić information content (AvgIpc) is 2.85. The van der Waals surface area contributed by atoms with Crippen molar-refractivity contribution in [3.05, 3.63) is 30.1 Å². The molecule has 140 valence electrons. The first-order valence-electron chi connectivity index (χ1n) is 9.67. The average molecular weight is 456 g/mol. The van der Waals surface area contributed by atoms with Gasteiger partial charge in [0.05, 0.1) is 0 Å². The van der Waals surface area contributed by atoms with Crippen molar-refractivity contribution in [3.8, 4) is 0 Å². The second kappa shape index (κ2) is 10.3. The van der Waals surface area contributed by atoms with Crippen LogP contribution >= 0.6 is 24.0 Å². The quantitative estimate of drug-likeness (QED) is 0.420. The van der Waals surface area contributed by atoms with E-state index in [-0.39, 0.29) is 24.0 Å². The number of aromatic nitrogens is 1. The number of likely N-dealkylation sites (tertiary alicyclic amines) is 1. The van der Waals surface area contributed by atoms with Crippen LogP contribution in [0.2, 0.25) is 0 Å². The predicted octanol–water partition coefficient (Wildman–Crippen LogP) is 4.25. The van der Waals surface area contributed by atoms with Crippen LogP contribution in [0.3, 0.4) is 0 Å². The van der Waals surface area contributed by atoms with Crippen molar-refractivity contribution in [1.82, 2.24) is 15.2 Å². The molecule has 1 saturated heterocycles. The van der Waals surface area contributed by atoms with Gasteiger partial charge in [-0.2, -0.15) is 0 Å². The van der Waals surface area contributed by atoms with E-state index in [1.807, 2.05) is 19.3 Å². The summed E-state index contributed by atoms with van der Waals surface area (Å²) in [5, 5.41) is 3.56. The normalized spacial score (nSPS) is 20.7. The first-order chi connectivity index (χ1) is 11.8. The molecule has 1 aromatic rings. The maximum Gasteiger partial charge on any atom is 0.193 e. The molecule has 1 aliphatic carbocycles. The highest BCUT2D eigenvalue weighted by molar-refractivity contribution is 14.0. The van der Waals surface area contributed by atoms with E-state index in [0.29, 0.717) is 5.41 Å². The number of nitrogens with zero attached hydrogens (tertiary/aromatic N) is 3. The molecule has 3 rings (SSSR count). The van der Waals surface area contributed by atoms with Gasteiger partial charge in [0.25, 0.3) is 0 Å². The van der Waals surface area contributed by atoms with Crippen molar-refractivity contribution in [2.24, 2.45) is 10.4 Å². The summed E-state index contributed by atoms with van der Waals surface area (Å²) in [5.74, 6) is 1.08. The fourth-order valence-corrected chi connectivity index (χ4v) is 4.46. The van der Waals surface area contributed by atoms with E-state index >= 15 is 0 Å². The van der Waals surface area contributed by atoms with E-state index in [1.54, 1.807) is 0 Å². The molecule has 4 nitrogen and oxygen atoms in total. The molecule has 1 N–H and O–H groups in total. The van der Waals surface area contributed by atoms with Crippen LogP contribution in [0.15, 0.2) is 29.4 Å². The molecule has 0 atom stereocenters. The summed E-state index contributed by atoms with van der Waals surface area (Å²) >= 11 is 0.